The van der Waals surface area contributed by atoms with Gasteiger partial charge in [-0.2, -0.15) is 13.2 Å². The molecular weight excluding hydrogens is 535 g/mol. The Kier molecular flexibility index (Phi) is 9.69. The minimum absolute atomic E-state index is 0.119. The number of hydrogen-bond acceptors (Lipinski definition) is 5. The highest BCUT2D eigenvalue weighted by atomic mass is 35.5. The van der Waals surface area contributed by atoms with Gasteiger partial charge in [-0.05, 0) is 64.3 Å². The molecule has 0 aliphatic heterocycles. The number of ether oxygens (including phenoxy) is 1. The van der Waals surface area contributed by atoms with Crippen molar-refractivity contribution in [2.75, 3.05) is 6.61 Å². The topological polar surface area (TPSA) is 96.6 Å². The zero-order valence-electron chi connectivity index (χ0n) is 22.2. The van der Waals surface area contributed by atoms with Gasteiger partial charge in [0.15, 0.2) is 6.10 Å². The molecule has 0 saturated carbocycles. The number of rotatable bonds is 11. The van der Waals surface area contributed by atoms with Gasteiger partial charge in [-0.3, -0.25) is 4.79 Å². The van der Waals surface area contributed by atoms with Gasteiger partial charge >= 0.3 is 6.18 Å². The standard InChI is InChI=1S/C28H33ClF3N3O4/c1-5-35-16-23(34-26(35)27(3,4)38)19-8-6-18(7-9-19)14-21(12-13-36)33-25(37)20-10-11-24(22(29)15-20)39-17(2)28(30,31)32/h6-11,15-17,21,36,38H,5,12-14H2,1-4H3,(H,33,37)/t17-,21-/m1/s1. The molecule has 39 heavy (non-hydrogen) atoms. The molecule has 3 aromatic rings. The Morgan fingerprint density at radius 1 is 1.18 bits per heavy atom. The number of aryl methyl sites for hydroxylation is 1. The third kappa shape index (κ3) is 7.97. The van der Waals surface area contributed by atoms with Crippen molar-refractivity contribution in [1.29, 1.82) is 0 Å². The third-order valence-corrected chi connectivity index (χ3v) is 6.46. The monoisotopic (exact) mass is 567 g/mol. The molecule has 0 spiro atoms. The molecule has 0 aliphatic rings. The van der Waals surface area contributed by atoms with Gasteiger partial charge in [-0.15, -0.1) is 0 Å². The number of nitrogens with zero attached hydrogens (tertiary/aromatic N) is 2. The lowest BCUT2D eigenvalue weighted by Crippen LogP contribution is -2.37. The van der Waals surface area contributed by atoms with Crippen molar-refractivity contribution in [2.45, 2.75) is 71.0 Å². The van der Waals surface area contributed by atoms with Crippen LogP contribution in [0.15, 0.2) is 48.7 Å². The van der Waals surface area contributed by atoms with Gasteiger partial charge in [0.05, 0.1) is 10.7 Å². The number of amides is 1. The summed E-state index contributed by atoms with van der Waals surface area (Å²) in [6.07, 6.45) is -3.99. The fraction of sp³-hybridized carbons (Fsp3) is 0.429. The molecule has 3 N–H and O–H groups in total. The predicted molar refractivity (Wildman–Crippen MR) is 143 cm³/mol. The number of carbonyl (C=O) groups excluding carboxylic acids is 1. The maximum absolute atomic E-state index is 12.8. The Labute approximate surface area is 230 Å². The molecular formula is C28H33ClF3N3O4. The smallest absolute Gasteiger partial charge is 0.425 e. The van der Waals surface area contributed by atoms with Crippen LogP contribution in [0.4, 0.5) is 13.2 Å². The van der Waals surface area contributed by atoms with Crippen molar-refractivity contribution in [3.63, 3.8) is 0 Å². The second-order valence-electron chi connectivity index (χ2n) is 9.83. The van der Waals surface area contributed by atoms with E-state index in [1.54, 1.807) is 13.8 Å². The van der Waals surface area contributed by atoms with Crippen LogP contribution in [0.25, 0.3) is 11.3 Å². The van der Waals surface area contributed by atoms with E-state index in [0.29, 0.717) is 25.2 Å². The normalized spacial score (nSPS) is 13.7. The number of hydrogen-bond donors (Lipinski definition) is 3. The second kappa shape index (κ2) is 12.4. The number of carbonyl (C=O) groups is 1. The molecule has 0 radical (unpaired) electrons. The highest BCUT2D eigenvalue weighted by Gasteiger charge is 2.38. The van der Waals surface area contributed by atoms with E-state index in [4.69, 9.17) is 16.3 Å². The Hall–Kier alpha value is -3.08. The molecule has 7 nitrogen and oxygen atoms in total. The molecule has 1 heterocycles. The lowest BCUT2D eigenvalue weighted by Gasteiger charge is -2.20. The zero-order chi connectivity index (χ0) is 29.0. The average molecular weight is 568 g/mol. The SMILES string of the molecule is CCn1cc(-c2ccc(C[C@@H](CCO)NC(=O)c3ccc(O[C@H](C)C(F)(F)F)c(Cl)c3)cc2)nc1C(C)(C)O. The molecule has 2 aromatic carbocycles. The number of nitrogens with one attached hydrogen (secondary N) is 1. The minimum Gasteiger partial charge on any atom is -0.480 e. The Morgan fingerprint density at radius 3 is 2.36 bits per heavy atom. The summed E-state index contributed by atoms with van der Waals surface area (Å²) in [6, 6.07) is 11.0. The van der Waals surface area contributed by atoms with E-state index in [1.165, 1.54) is 18.2 Å². The third-order valence-electron chi connectivity index (χ3n) is 6.17. The van der Waals surface area contributed by atoms with E-state index in [-0.39, 0.29) is 22.9 Å². The minimum atomic E-state index is -4.55. The summed E-state index contributed by atoms with van der Waals surface area (Å²) in [4.78, 5) is 17.4. The van der Waals surface area contributed by atoms with E-state index in [9.17, 15) is 28.2 Å². The quantitative estimate of drug-likeness (QED) is 0.284. The van der Waals surface area contributed by atoms with Gasteiger partial charge in [0.25, 0.3) is 5.91 Å². The van der Waals surface area contributed by atoms with Crippen LogP contribution in [-0.2, 0) is 18.6 Å². The van der Waals surface area contributed by atoms with Crippen molar-refractivity contribution >= 4 is 17.5 Å². The molecule has 11 heteroatoms. The Morgan fingerprint density at radius 2 is 1.85 bits per heavy atom. The highest BCUT2D eigenvalue weighted by Crippen LogP contribution is 2.31. The second-order valence-corrected chi connectivity index (χ2v) is 10.2. The first kappa shape index (κ1) is 30.5. The highest BCUT2D eigenvalue weighted by molar-refractivity contribution is 6.32. The summed E-state index contributed by atoms with van der Waals surface area (Å²) in [7, 11) is 0. The molecule has 3 rings (SSSR count). The van der Waals surface area contributed by atoms with Crippen molar-refractivity contribution in [2.24, 2.45) is 0 Å². The fourth-order valence-electron chi connectivity index (χ4n) is 4.03. The van der Waals surface area contributed by atoms with Crippen LogP contribution in [0.3, 0.4) is 0 Å². The van der Waals surface area contributed by atoms with Crippen LogP contribution in [0.5, 0.6) is 5.75 Å². The Balaban J connectivity index is 1.69. The maximum atomic E-state index is 12.8. The molecule has 0 saturated heterocycles. The van der Waals surface area contributed by atoms with E-state index in [2.05, 4.69) is 10.3 Å². The first-order valence-electron chi connectivity index (χ1n) is 12.6. The largest absolute Gasteiger partial charge is 0.480 e. The van der Waals surface area contributed by atoms with Crippen molar-refractivity contribution in [3.05, 3.63) is 70.6 Å². The van der Waals surface area contributed by atoms with Gasteiger partial charge < -0.3 is 24.8 Å². The van der Waals surface area contributed by atoms with Crippen LogP contribution >= 0.6 is 11.6 Å². The molecule has 1 amide bonds. The summed E-state index contributed by atoms with van der Waals surface area (Å²) in [5.74, 6) is -0.0838. The molecule has 0 fully saturated rings. The van der Waals surface area contributed by atoms with Crippen LogP contribution in [0.2, 0.25) is 5.02 Å². The molecule has 0 unspecified atom stereocenters. The number of halogens is 4. The van der Waals surface area contributed by atoms with Crippen LogP contribution in [-0.4, -0.2) is 50.6 Å². The summed E-state index contributed by atoms with van der Waals surface area (Å²) >= 11 is 6.07. The summed E-state index contributed by atoms with van der Waals surface area (Å²) in [5, 5.41) is 22.7. The van der Waals surface area contributed by atoms with Crippen LogP contribution in [0.1, 0.15) is 55.9 Å². The van der Waals surface area contributed by atoms with Crippen molar-refractivity contribution in [3.8, 4) is 17.0 Å². The first-order valence-corrected chi connectivity index (χ1v) is 12.9. The number of alkyl halides is 3. The predicted octanol–water partition coefficient (Wildman–Crippen LogP) is 5.50. The Bertz CT molecular complexity index is 1270. The van der Waals surface area contributed by atoms with E-state index in [1.807, 2.05) is 42.0 Å². The van der Waals surface area contributed by atoms with Crippen LogP contribution < -0.4 is 10.1 Å². The van der Waals surface area contributed by atoms with Gasteiger partial charge in [0.2, 0.25) is 0 Å². The summed E-state index contributed by atoms with van der Waals surface area (Å²) in [5.41, 5.74) is 1.59. The van der Waals surface area contributed by atoms with Gasteiger partial charge in [-0.1, -0.05) is 35.9 Å². The number of aromatic nitrogens is 2. The van der Waals surface area contributed by atoms with Gasteiger partial charge in [-0.25, -0.2) is 4.98 Å². The maximum Gasteiger partial charge on any atom is 0.425 e. The van der Waals surface area contributed by atoms with Crippen LogP contribution in [0, 0.1) is 0 Å². The van der Waals surface area contributed by atoms with Crippen molar-refractivity contribution < 1.29 is 32.9 Å². The molecule has 0 bridgehead atoms. The summed E-state index contributed by atoms with van der Waals surface area (Å²) < 4.78 is 45.1. The lowest BCUT2D eigenvalue weighted by molar-refractivity contribution is -0.189. The number of imidazole rings is 1. The fourth-order valence-corrected chi connectivity index (χ4v) is 4.25. The van der Waals surface area contributed by atoms with Gasteiger partial charge in [0.1, 0.15) is 17.2 Å². The van der Waals surface area contributed by atoms with E-state index in [0.717, 1.165) is 23.7 Å². The van der Waals surface area contributed by atoms with E-state index >= 15 is 0 Å². The number of aliphatic hydroxyl groups is 2. The van der Waals surface area contributed by atoms with Crippen molar-refractivity contribution in [1.82, 2.24) is 14.9 Å². The zero-order valence-corrected chi connectivity index (χ0v) is 23.0. The molecule has 2 atom stereocenters. The average Bonchev–Trinajstić information content (AvgIpc) is 3.30. The summed E-state index contributed by atoms with van der Waals surface area (Å²) in [6.45, 7) is 6.74. The number of benzene rings is 2. The molecule has 0 aliphatic carbocycles. The van der Waals surface area contributed by atoms with E-state index < -0.39 is 29.8 Å². The molecule has 212 valence electrons. The molecule has 1 aromatic heterocycles. The lowest BCUT2D eigenvalue weighted by atomic mass is 10.0. The number of aliphatic hydroxyl groups excluding tert-OH is 1. The van der Waals surface area contributed by atoms with Gasteiger partial charge in [0, 0.05) is 36.5 Å². The first-order chi connectivity index (χ1) is 18.2.